The number of rotatable bonds is 7. The van der Waals surface area contributed by atoms with E-state index in [2.05, 4.69) is 6.58 Å². The second-order valence-corrected chi connectivity index (χ2v) is 3.62. The van der Waals surface area contributed by atoms with E-state index in [-0.39, 0.29) is 6.15 Å². The van der Waals surface area contributed by atoms with Gasteiger partial charge in [-0.2, -0.15) is 0 Å². The standard InChI is InChI=1S/C10H20N2O2.H3N/c1-4-6-10(9(13)14,12(2)3)7-5-8-11;/h4H,1,5-8,11H2,2-3H3,(H,13,14);1H3. The molecule has 0 fully saturated rings. The fourth-order valence-electron chi connectivity index (χ4n) is 1.53. The molecule has 0 heterocycles. The average Bonchev–Trinajstić information content (AvgIpc) is 2.11. The smallest absolute Gasteiger partial charge is 0.324 e. The Morgan fingerprint density at radius 1 is 1.60 bits per heavy atom. The van der Waals surface area contributed by atoms with E-state index >= 15 is 0 Å². The lowest BCUT2D eigenvalue weighted by molar-refractivity contribution is -0.150. The summed E-state index contributed by atoms with van der Waals surface area (Å²) in [4.78, 5) is 13.0. The summed E-state index contributed by atoms with van der Waals surface area (Å²) >= 11 is 0. The Morgan fingerprint density at radius 3 is 2.40 bits per heavy atom. The van der Waals surface area contributed by atoms with Gasteiger partial charge in [0.2, 0.25) is 0 Å². The van der Waals surface area contributed by atoms with Gasteiger partial charge in [-0.25, -0.2) is 0 Å². The summed E-state index contributed by atoms with van der Waals surface area (Å²) in [5.74, 6) is -0.809. The number of aliphatic carboxylic acids is 1. The molecule has 0 spiro atoms. The summed E-state index contributed by atoms with van der Waals surface area (Å²) in [6.07, 6.45) is 3.34. The van der Waals surface area contributed by atoms with Gasteiger partial charge in [-0.1, -0.05) is 6.08 Å². The molecular weight excluding hydrogens is 194 g/mol. The van der Waals surface area contributed by atoms with Gasteiger partial charge in [-0.3, -0.25) is 9.69 Å². The van der Waals surface area contributed by atoms with Gasteiger partial charge in [0.1, 0.15) is 5.54 Å². The molecule has 15 heavy (non-hydrogen) atoms. The second-order valence-electron chi connectivity index (χ2n) is 3.62. The Labute approximate surface area is 91.5 Å². The highest BCUT2D eigenvalue weighted by molar-refractivity contribution is 5.79. The molecule has 0 aromatic carbocycles. The summed E-state index contributed by atoms with van der Waals surface area (Å²) < 4.78 is 0. The Balaban J connectivity index is 0. The maximum atomic E-state index is 11.2. The molecule has 0 saturated heterocycles. The van der Waals surface area contributed by atoms with Crippen LogP contribution in [0.5, 0.6) is 0 Å². The number of hydrogen-bond donors (Lipinski definition) is 3. The van der Waals surface area contributed by atoms with E-state index in [1.54, 1.807) is 25.1 Å². The molecule has 0 rings (SSSR count). The second kappa shape index (κ2) is 7.39. The molecule has 5 nitrogen and oxygen atoms in total. The van der Waals surface area contributed by atoms with Crippen LogP contribution in [0.2, 0.25) is 0 Å². The normalized spacial score (nSPS) is 14.1. The van der Waals surface area contributed by atoms with Crippen molar-refractivity contribution < 1.29 is 9.90 Å². The zero-order valence-corrected chi connectivity index (χ0v) is 9.70. The minimum absolute atomic E-state index is 0. The first-order valence-electron chi connectivity index (χ1n) is 4.73. The SMILES string of the molecule is C=CCC(CCCN)(C(=O)O)N(C)C.N. The number of hydrogen-bond acceptors (Lipinski definition) is 4. The molecule has 0 radical (unpaired) electrons. The van der Waals surface area contributed by atoms with Crippen LogP contribution in [0.4, 0.5) is 0 Å². The van der Waals surface area contributed by atoms with E-state index < -0.39 is 11.5 Å². The van der Waals surface area contributed by atoms with Crippen molar-refractivity contribution in [2.24, 2.45) is 5.73 Å². The Bertz CT molecular complexity index is 207. The highest BCUT2D eigenvalue weighted by Crippen LogP contribution is 2.24. The zero-order valence-electron chi connectivity index (χ0n) is 9.70. The van der Waals surface area contributed by atoms with Gasteiger partial charge in [-0.05, 0) is 39.9 Å². The highest BCUT2D eigenvalue weighted by atomic mass is 16.4. The predicted octanol–water partition coefficient (Wildman–Crippen LogP) is 0.848. The third-order valence-corrected chi connectivity index (χ3v) is 2.53. The van der Waals surface area contributed by atoms with Gasteiger partial charge in [0.05, 0.1) is 0 Å². The van der Waals surface area contributed by atoms with E-state index in [1.165, 1.54) is 0 Å². The highest BCUT2D eigenvalue weighted by Gasteiger charge is 2.38. The van der Waals surface area contributed by atoms with Crippen LogP contribution >= 0.6 is 0 Å². The molecule has 0 aliphatic rings. The summed E-state index contributed by atoms with van der Waals surface area (Å²) in [6, 6.07) is 0. The van der Waals surface area contributed by atoms with E-state index in [0.29, 0.717) is 25.8 Å². The van der Waals surface area contributed by atoms with Crippen molar-refractivity contribution in [3.63, 3.8) is 0 Å². The van der Waals surface area contributed by atoms with Gasteiger partial charge < -0.3 is 17.0 Å². The molecule has 0 aromatic heterocycles. The summed E-state index contributed by atoms with van der Waals surface area (Å²) in [5, 5.41) is 9.22. The molecule has 0 aliphatic carbocycles. The topological polar surface area (TPSA) is 102 Å². The van der Waals surface area contributed by atoms with E-state index in [4.69, 9.17) is 5.73 Å². The van der Waals surface area contributed by atoms with Gasteiger partial charge >= 0.3 is 5.97 Å². The van der Waals surface area contributed by atoms with Gasteiger partial charge in [0, 0.05) is 0 Å². The van der Waals surface area contributed by atoms with E-state index in [1.807, 2.05) is 0 Å². The molecule has 1 unspecified atom stereocenters. The van der Waals surface area contributed by atoms with Gasteiger partial charge in [0.15, 0.2) is 0 Å². The van der Waals surface area contributed by atoms with E-state index in [9.17, 15) is 9.90 Å². The summed E-state index contributed by atoms with van der Waals surface area (Å²) in [5.41, 5.74) is 4.55. The number of nitrogens with two attached hydrogens (primary N) is 1. The van der Waals surface area contributed by atoms with Crippen LogP contribution in [0.1, 0.15) is 19.3 Å². The first-order valence-corrected chi connectivity index (χ1v) is 4.73. The fraction of sp³-hybridized carbons (Fsp3) is 0.700. The molecule has 90 valence electrons. The lowest BCUT2D eigenvalue weighted by atomic mass is 9.88. The van der Waals surface area contributed by atoms with Crippen LogP contribution in [0.15, 0.2) is 12.7 Å². The third-order valence-electron chi connectivity index (χ3n) is 2.53. The number of carboxylic acids is 1. The number of carbonyl (C=O) groups is 1. The molecule has 0 aliphatic heterocycles. The van der Waals surface area contributed by atoms with Crippen LogP contribution in [-0.2, 0) is 4.79 Å². The zero-order chi connectivity index (χ0) is 11.2. The Kier molecular flexibility index (Phi) is 8.14. The van der Waals surface area contributed by atoms with Crippen LogP contribution in [0, 0.1) is 0 Å². The van der Waals surface area contributed by atoms with Crippen molar-refractivity contribution in [1.29, 1.82) is 0 Å². The number of nitrogens with zero attached hydrogens (tertiary/aromatic N) is 1. The summed E-state index contributed by atoms with van der Waals surface area (Å²) in [7, 11) is 3.54. The van der Waals surface area contributed by atoms with Gasteiger partial charge in [-0.15, -0.1) is 6.58 Å². The molecule has 6 N–H and O–H groups in total. The Hall–Kier alpha value is -0.910. The molecule has 0 saturated carbocycles. The molecule has 1 atom stereocenters. The van der Waals surface area contributed by atoms with Crippen molar-refractivity contribution in [3.05, 3.63) is 12.7 Å². The quantitative estimate of drug-likeness (QED) is 0.549. The minimum atomic E-state index is -0.846. The maximum Gasteiger partial charge on any atom is 0.324 e. The van der Waals surface area contributed by atoms with Crippen molar-refractivity contribution in [2.45, 2.75) is 24.8 Å². The lowest BCUT2D eigenvalue weighted by Crippen LogP contribution is -2.51. The monoisotopic (exact) mass is 217 g/mol. The van der Waals surface area contributed by atoms with Crippen LogP contribution in [0.25, 0.3) is 0 Å². The van der Waals surface area contributed by atoms with Gasteiger partial charge in [0.25, 0.3) is 0 Å². The average molecular weight is 217 g/mol. The largest absolute Gasteiger partial charge is 0.480 e. The minimum Gasteiger partial charge on any atom is -0.480 e. The maximum absolute atomic E-state index is 11.2. The molecule has 5 heteroatoms. The van der Waals surface area contributed by atoms with Crippen molar-refractivity contribution >= 4 is 5.97 Å². The molecule has 0 aromatic rings. The first kappa shape index (κ1) is 16.5. The number of likely N-dealkylation sites (N-methyl/N-ethyl adjacent to an activating group) is 1. The lowest BCUT2D eigenvalue weighted by Gasteiger charge is -2.35. The van der Waals surface area contributed by atoms with Crippen LogP contribution < -0.4 is 11.9 Å². The Morgan fingerprint density at radius 2 is 2.13 bits per heavy atom. The molecular formula is C10H23N3O2. The van der Waals surface area contributed by atoms with Crippen molar-refractivity contribution in [1.82, 2.24) is 11.1 Å². The number of carboxylic acid groups (broad SMARTS) is 1. The molecule has 0 amide bonds. The van der Waals surface area contributed by atoms with Crippen LogP contribution in [-0.4, -0.2) is 42.2 Å². The van der Waals surface area contributed by atoms with Crippen LogP contribution in [0.3, 0.4) is 0 Å². The first-order chi connectivity index (χ1) is 6.51. The predicted molar refractivity (Wildman–Crippen MR) is 62.2 cm³/mol. The van der Waals surface area contributed by atoms with Crippen molar-refractivity contribution in [3.8, 4) is 0 Å². The van der Waals surface area contributed by atoms with Crippen molar-refractivity contribution in [2.75, 3.05) is 20.6 Å². The third kappa shape index (κ3) is 3.99. The summed E-state index contributed by atoms with van der Waals surface area (Å²) in [6.45, 7) is 4.11. The molecule has 0 bridgehead atoms. The fourth-order valence-corrected chi connectivity index (χ4v) is 1.53. The van der Waals surface area contributed by atoms with E-state index in [0.717, 1.165) is 0 Å².